The molecular formula is C14H17NO4S. The lowest BCUT2D eigenvalue weighted by atomic mass is 10.2. The second-order valence-corrected chi connectivity index (χ2v) is 5.55. The van der Waals surface area contributed by atoms with Crippen LogP contribution in [-0.2, 0) is 14.3 Å². The first-order valence-electron chi connectivity index (χ1n) is 6.45. The van der Waals surface area contributed by atoms with Gasteiger partial charge in [0.1, 0.15) is 0 Å². The van der Waals surface area contributed by atoms with Crippen LogP contribution in [0.4, 0.5) is 0 Å². The number of amides is 1. The molecule has 0 saturated carbocycles. The Bertz CT molecular complexity index is 486. The molecule has 1 aliphatic rings. The minimum atomic E-state index is -0.664. The molecule has 5 nitrogen and oxygen atoms in total. The molecule has 2 N–H and O–H groups in total. The van der Waals surface area contributed by atoms with Crippen molar-refractivity contribution in [1.29, 1.82) is 0 Å². The minimum Gasteiger partial charge on any atom is -0.452 e. The summed E-state index contributed by atoms with van der Waals surface area (Å²) >= 11 is 1.56. The number of nitrogens with two attached hydrogens (primary N) is 1. The third-order valence-corrected chi connectivity index (χ3v) is 4.11. The summed E-state index contributed by atoms with van der Waals surface area (Å²) in [6.07, 6.45) is 2.39. The van der Waals surface area contributed by atoms with Gasteiger partial charge in [0, 0.05) is 17.3 Å². The molecule has 0 aliphatic carbocycles. The Labute approximate surface area is 121 Å². The highest BCUT2D eigenvalue weighted by molar-refractivity contribution is 7.99. The summed E-state index contributed by atoms with van der Waals surface area (Å²) in [7, 11) is 0. The van der Waals surface area contributed by atoms with Crippen LogP contribution < -0.4 is 5.73 Å². The van der Waals surface area contributed by atoms with Gasteiger partial charge in [-0.3, -0.25) is 4.79 Å². The van der Waals surface area contributed by atoms with Gasteiger partial charge in [0.25, 0.3) is 5.91 Å². The molecule has 1 fully saturated rings. The van der Waals surface area contributed by atoms with E-state index in [4.69, 9.17) is 15.2 Å². The number of primary amides is 1. The van der Waals surface area contributed by atoms with Crippen molar-refractivity contribution in [3.05, 3.63) is 29.8 Å². The summed E-state index contributed by atoms with van der Waals surface area (Å²) in [6, 6.07) is 7.17. The van der Waals surface area contributed by atoms with Crippen molar-refractivity contribution in [2.75, 3.05) is 19.0 Å². The molecule has 0 unspecified atom stereocenters. The third-order valence-electron chi connectivity index (χ3n) is 2.90. The third kappa shape index (κ3) is 4.25. The number of hydrogen-bond acceptors (Lipinski definition) is 5. The van der Waals surface area contributed by atoms with E-state index in [0.717, 1.165) is 30.1 Å². The minimum absolute atomic E-state index is 0.245. The van der Waals surface area contributed by atoms with Gasteiger partial charge < -0.3 is 15.2 Å². The van der Waals surface area contributed by atoms with Crippen molar-refractivity contribution in [1.82, 2.24) is 0 Å². The summed E-state index contributed by atoms with van der Waals surface area (Å²) in [5.74, 6) is -0.387. The standard InChI is InChI=1S/C14H17NO4S/c15-13(16)8-19-14(17)11-5-1-2-6-12(11)20-9-10-4-3-7-18-10/h1-2,5-6,10H,3-4,7-9H2,(H2,15,16)/t10-/m1/s1. The number of thioether (sulfide) groups is 1. The Morgan fingerprint density at radius 2 is 2.20 bits per heavy atom. The number of hydrogen-bond donors (Lipinski definition) is 1. The summed E-state index contributed by atoms with van der Waals surface area (Å²) in [4.78, 5) is 23.4. The molecule has 1 heterocycles. The van der Waals surface area contributed by atoms with Crippen LogP contribution >= 0.6 is 11.8 Å². The van der Waals surface area contributed by atoms with E-state index in [2.05, 4.69) is 0 Å². The van der Waals surface area contributed by atoms with Gasteiger partial charge in [-0.2, -0.15) is 0 Å². The number of ether oxygens (including phenoxy) is 2. The number of carbonyl (C=O) groups is 2. The first kappa shape index (κ1) is 14.9. The summed E-state index contributed by atoms with van der Waals surface area (Å²) in [5, 5.41) is 0. The van der Waals surface area contributed by atoms with E-state index < -0.39 is 18.5 Å². The second kappa shape index (κ2) is 7.31. The van der Waals surface area contributed by atoms with E-state index in [9.17, 15) is 9.59 Å². The molecule has 0 spiro atoms. The molecule has 108 valence electrons. The fourth-order valence-corrected chi connectivity index (χ4v) is 3.04. The molecule has 1 atom stereocenters. The van der Waals surface area contributed by atoms with Crippen LogP contribution in [0.15, 0.2) is 29.2 Å². The maximum atomic E-state index is 11.9. The molecule has 0 radical (unpaired) electrons. The predicted molar refractivity (Wildman–Crippen MR) is 75.6 cm³/mol. The zero-order chi connectivity index (χ0) is 14.4. The van der Waals surface area contributed by atoms with Crippen LogP contribution in [0.3, 0.4) is 0 Å². The monoisotopic (exact) mass is 295 g/mol. The largest absolute Gasteiger partial charge is 0.452 e. The second-order valence-electron chi connectivity index (χ2n) is 4.48. The highest BCUT2D eigenvalue weighted by atomic mass is 32.2. The molecule has 1 saturated heterocycles. The maximum absolute atomic E-state index is 11.9. The molecule has 1 aromatic carbocycles. The van der Waals surface area contributed by atoms with E-state index in [1.165, 1.54) is 0 Å². The van der Waals surface area contributed by atoms with Gasteiger partial charge in [0.2, 0.25) is 0 Å². The van der Waals surface area contributed by atoms with Crippen LogP contribution in [0.25, 0.3) is 0 Å². The van der Waals surface area contributed by atoms with E-state index in [1.807, 2.05) is 12.1 Å². The summed E-state index contributed by atoms with van der Waals surface area (Å²) in [5.41, 5.74) is 5.42. The van der Waals surface area contributed by atoms with E-state index >= 15 is 0 Å². The number of esters is 1. The van der Waals surface area contributed by atoms with Crippen LogP contribution in [0.5, 0.6) is 0 Å². The van der Waals surface area contributed by atoms with Crippen molar-refractivity contribution >= 4 is 23.6 Å². The fraction of sp³-hybridized carbons (Fsp3) is 0.429. The number of rotatable bonds is 6. The van der Waals surface area contributed by atoms with Gasteiger partial charge in [0.05, 0.1) is 11.7 Å². The highest BCUT2D eigenvalue weighted by Gasteiger charge is 2.18. The molecule has 20 heavy (non-hydrogen) atoms. The fourth-order valence-electron chi connectivity index (χ4n) is 1.93. The summed E-state index contributed by atoms with van der Waals surface area (Å²) < 4.78 is 10.4. The van der Waals surface area contributed by atoms with Gasteiger partial charge >= 0.3 is 5.97 Å². The molecular weight excluding hydrogens is 278 g/mol. The van der Waals surface area contributed by atoms with Gasteiger partial charge in [-0.25, -0.2) is 4.79 Å². The molecule has 1 aliphatic heterocycles. The lowest BCUT2D eigenvalue weighted by Crippen LogP contribution is -2.21. The Kier molecular flexibility index (Phi) is 5.43. The average Bonchev–Trinajstić information content (AvgIpc) is 2.96. The number of benzene rings is 1. The van der Waals surface area contributed by atoms with E-state index in [-0.39, 0.29) is 6.10 Å². The predicted octanol–water partition coefficient (Wildman–Crippen LogP) is 1.60. The maximum Gasteiger partial charge on any atom is 0.339 e. The SMILES string of the molecule is NC(=O)COC(=O)c1ccccc1SC[C@H]1CCCO1. The van der Waals surface area contributed by atoms with Crippen LogP contribution in [0, 0.1) is 0 Å². The molecule has 1 amide bonds. The zero-order valence-electron chi connectivity index (χ0n) is 11.0. The smallest absolute Gasteiger partial charge is 0.339 e. The topological polar surface area (TPSA) is 78.6 Å². The quantitative estimate of drug-likeness (QED) is 0.637. The Morgan fingerprint density at radius 1 is 1.40 bits per heavy atom. The van der Waals surface area contributed by atoms with E-state index in [0.29, 0.717) is 5.56 Å². The van der Waals surface area contributed by atoms with Gasteiger partial charge in [-0.1, -0.05) is 12.1 Å². The first-order chi connectivity index (χ1) is 9.66. The van der Waals surface area contributed by atoms with Crippen LogP contribution in [0.1, 0.15) is 23.2 Å². The summed E-state index contributed by atoms with van der Waals surface area (Å²) in [6.45, 7) is 0.414. The van der Waals surface area contributed by atoms with Crippen LogP contribution in [-0.4, -0.2) is 36.9 Å². The Hall–Kier alpha value is -1.53. The lowest BCUT2D eigenvalue weighted by molar-refractivity contribution is -0.121. The van der Waals surface area contributed by atoms with Crippen LogP contribution in [0.2, 0.25) is 0 Å². The molecule has 0 bridgehead atoms. The normalized spacial score (nSPS) is 17.9. The van der Waals surface area contributed by atoms with Crippen molar-refractivity contribution in [2.24, 2.45) is 5.73 Å². The molecule has 2 rings (SSSR count). The van der Waals surface area contributed by atoms with Crippen molar-refractivity contribution in [3.8, 4) is 0 Å². The Morgan fingerprint density at radius 3 is 2.90 bits per heavy atom. The molecule has 6 heteroatoms. The van der Waals surface area contributed by atoms with Crippen molar-refractivity contribution in [3.63, 3.8) is 0 Å². The lowest BCUT2D eigenvalue weighted by Gasteiger charge is -2.11. The van der Waals surface area contributed by atoms with Gasteiger partial charge in [-0.15, -0.1) is 11.8 Å². The molecule has 0 aromatic heterocycles. The highest BCUT2D eigenvalue weighted by Crippen LogP contribution is 2.27. The van der Waals surface area contributed by atoms with Gasteiger partial charge in [-0.05, 0) is 25.0 Å². The van der Waals surface area contributed by atoms with E-state index in [1.54, 1.807) is 23.9 Å². The first-order valence-corrected chi connectivity index (χ1v) is 7.44. The zero-order valence-corrected chi connectivity index (χ0v) is 11.9. The Balaban J connectivity index is 1.97. The molecule has 1 aromatic rings. The van der Waals surface area contributed by atoms with Crippen molar-refractivity contribution < 1.29 is 19.1 Å². The average molecular weight is 295 g/mol. The van der Waals surface area contributed by atoms with Crippen molar-refractivity contribution in [2.45, 2.75) is 23.8 Å². The number of carbonyl (C=O) groups excluding carboxylic acids is 2. The van der Waals surface area contributed by atoms with Gasteiger partial charge in [0.15, 0.2) is 6.61 Å².